The molecular weight excluding hydrogens is 451 g/mol. The maximum absolute atomic E-state index is 14.9. The summed E-state index contributed by atoms with van der Waals surface area (Å²) in [7, 11) is 1.64. The van der Waals surface area contributed by atoms with Gasteiger partial charge in [0.2, 0.25) is 5.88 Å². The molecule has 0 saturated carbocycles. The van der Waals surface area contributed by atoms with Crippen LogP contribution in [-0.4, -0.2) is 29.0 Å². The summed E-state index contributed by atoms with van der Waals surface area (Å²) in [6, 6.07) is 7.21. The van der Waals surface area contributed by atoms with Gasteiger partial charge in [-0.05, 0) is 45.0 Å². The largest absolute Gasteiger partial charge is 0.436 e. The molecule has 178 valence electrons. The second-order valence-corrected chi connectivity index (χ2v) is 8.31. The molecule has 0 atom stereocenters. The van der Waals surface area contributed by atoms with Crippen LogP contribution in [-0.2, 0) is 19.2 Å². The SMILES string of the molecule is Cc1nc(C(C)(C)O)n(C)c1Oc1ccc(-n2ncn(Cc3c(F)cccc3F)c2=O)cc1F. The fraction of sp³-hybridized carbons (Fsp3) is 0.261. The van der Waals surface area contributed by atoms with Gasteiger partial charge in [0.05, 0.1) is 12.2 Å². The number of imidazole rings is 1. The molecule has 0 aliphatic heterocycles. The van der Waals surface area contributed by atoms with Crippen molar-refractivity contribution in [3.05, 3.63) is 87.7 Å². The maximum atomic E-state index is 14.9. The number of hydrogen-bond acceptors (Lipinski definition) is 5. The lowest BCUT2D eigenvalue weighted by Gasteiger charge is -2.17. The van der Waals surface area contributed by atoms with Crippen molar-refractivity contribution in [2.45, 2.75) is 32.9 Å². The zero-order chi connectivity index (χ0) is 24.8. The predicted octanol–water partition coefficient (Wildman–Crippen LogP) is 3.56. The number of aromatic nitrogens is 5. The topological polar surface area (TPSA) is 87.1 Å². The molecule has 2 heterocycles. The molecule has 8 nitrogen and oxygen atoms in total. The normalized spacial score (nSPS) is 11.8. The van der Waals surface area contributed by atoms with E-state index < -0.39 is 28.7 Å². The first kappa shape index (κ1) is 23.3. The molecule has 0 fully saturated rings. The Bertz CT molecular complexity index is 1410. The Hall–Kier alpha value is -3.86. The highest BCUT2D eigenvalue weighted by Gasteiger charge is 2.26. The van der Waals surface area contributed by atoms with Crippen LogP contribution < -0.4 is 10.4 Å². The predicted molar refractivity (Wildman–Crippen MR) is 117 cm³/mol. The van der Waals surface area contributed by atoms with Crippen molar-refractivity contribution in [1.82, 2.24) is 23.9 Å². The Labute approximate surface area is 192 Å². The van der Waals surface area contributed by atoms with Crippen molar-refractivity contribution in [2.24, 2.45) is 7.05 Å². The van der Waals surface area contributed by atoms with Crippen LogP contribution in [0.2, 0.25) is 0 Å². The summed E-state index contributed by atoms with van der Waals surface area (Å²) in [5, 5.41) is 14.2. The van der Waals surface area contributed by atoms with Crippen molar-refractivity contribution >= 4 is 0 Å². The van der Waals surface area contributed by atoms with Gasteiger partial charge in [-0.1, -0.05) is 6.07 Å². The third kappa shape index (κ3) is 4.21. The standard InChI is InChI=1S/C23H22F3N5O3/c1-13-20(29(4)21(28-13)23(2,3)33)34-19-9-8-14(10-18(19)26)31-22(32)30(12-27-31)11-15-16(24)6-5-7-17(15)25/h5-10,12,33H,11H2,1-4H3. The van der Waals surface area contributed by atoms with Crippen LogP contribution in [0.4, 0.5) is 13.2 Å². The molecule has 0 spiro atoms. The molecule has 11 heteroatoms. The van der Waals surface area contributed by atoms with Crippen molar-refractivity contribution in [3.63, 3.8) is 0 Å². The number of halogens is 3. The molecule has 2 aromatic carbocycles. The minimum absolute atomic E-state index is 0.0986. The smallest absolute Gasteiger partial charge is 0.350 e. The first-order valence-electron chi connectivity index (χ1n) is 10.3. The van der Waals surface area contributed by atoms with E-state index >= 15 is 0 Å². The van der Waals surface area contributed by atoms with E-state index in [0.29, 0.717) is 11.5 Å². The molecule has 0 aliphatic rings. The first-order chi connectivity index (χ1) is 16.0. The number of benzene rings is 2. The summed E-state index contributed by atoms with van der Waals surface area (Å²) in [5.74, 6) is -1.88. The van der Waals surface area contributed by atoms with Gasteiger partial charge in [-0.25, -0.2) is 22.9 Å². The fourth-order valence-electron chi connectivity index (χ4n) is 3.59. The van der Waals surface area contributed by atoms with E-state index in [1.54, 1.807) is 27.8 Å². The summed E-state index contributed by atoms with van der Waals surface area (Å²) in [6.45, 7) is 4.45. The number of hydrogen-bond donors (Lipinski definition) is 1. The van der Waals surface area contributed by atoms with E-state index in [-0.39, 0.29) is 29.4 Å². The quantitative estimate of drug-likeness (QED) is 0.463. The van der Waals surface area contributed by atoms with Gasteiger partial charge in [-0.15, -0.1) is 0 Å². The molecular formula is C23H22F3N5O3. The molecule has 0 saturated heterocycles. The Morgan fingerprint density at radius 3 is 2.35 bits per heavy atom. The van der Waals surface area contributed by atoms with Crippen LogP contribution in [0.3, 0.4) is 0 Å². The summed E-state index contributed by atoms with van der Waals surface area (Å²) in [5.41, 5.74) is -1.65. The zero-order valence-corrected chi connectivity index (χ0v) is 18.9. The Morgan fingerprint density at radius 2 is 1.76 bits per heavy atom. The highest BCUT2D eigenvalue weighted by Crippen LogP contribution is 2.31. The van der Waals surface area contributed by atoms with Gasteiger partial charge in [0.25, 0.3) is 0 Å². The third-order valence-electron chi connectivity index (χ3n) is 5.24. The number of rotatable bonds is 6. The minimum Gasteiger partial charge on any atom is -0.436 e. The lowest BCUT2D eigenvalue weighted by atomic mass is 10.1. The number of aliphatic hydroxyl groups is 1. The molecule has 0 bridgehead atoms. The van der Waals surface area contributed by atoms with Crippen LogP contribution in [0.15, 0.2) is 47.5 Å². The fourth-order valence-corrected chi connectivity index (χ4v) is 3.59. The second-order valence-electron chi connectivity index (χ2n) is 8.31. The highest BCUT2D eigenvalue weighted by atomic mass is 19.1. The van der Waals surface area contributed by atoms with Gasteiger partial charge in [0, 0.05) is 18.7 Å². The molecule has 0 aliphatic carbocycles. The monoisotopic (exact) mass is 473 g/mol. The van der Waals surface area contributed by atoms with Gasteiger partial charge in [0.15, 0.2) is 11.6 Å². The molecule has 34 heavy (non-hydrogen) atoms. The van der Waals surface area contributed by atoms with Gasteiger partial charge >= 0.3 is 5.69 Å². The Morgan fingerprint density at radius 1 is 1.09 bits per heavy atom. The number of nitrogens with zero attached hydrogens (tertiary/aromatic N) is 5. The van der Waals surface area contributed by atoms with Crippen molar-refractivity contribution in [3.8, 4) is 17.3 Å². The molecule has 4 aromatic rings. The van der Waals surface area contributed by atoms with Gasteiger partial charge in [0.1, 0.15) is 35.1 Å². The average Bonchev–Trinajstić information content (AvgIpc) is 3.26. The summed E-state index contributed by atoms with van der Waals surface area (Å²) < 4.78 is 51.9. The molecule has 0 unspecified atom stereocenters. The van der Waals surface area contributed by atoms with Crippen LogP contribution in [0, 0.1) is 24.4 Å². The summed E-state index contributed by atoms with van der Waals surface area (Å²) >= 11 is 0. The van der Waals surface area contributed by atoms with E-state index in [0.717, 1.165) is 33.8 Å². The van der Waals surface area contributed by atoms with Crippen molar-refractivity contribution in [1.29, 1.82) is 0 Å². The summed E-state index contributed by atoms with van der Waals surface area (Å²) in [6.07, 6.45) is 1.12. The van der Waals surface area contributed by atoms with E-state index in [1.165, 1.54) is 22.8 Å². The Kier molecular flexibility index (Phi) is 5.82. The van der Waals surface area contributed by atoms with E-state index in [9.17, 15) is 23.1 Å². The van der Waals surface area contributed by atoms with Crippen LogP contribution in [0.5, 0.6) is 11.6 Å². The zero-order valence-electron chi connectivity index (χ0n) is 18.9. The van der Waals surface area contributed by atoms with Gasteiger partial charge < -0.3 is 9.84 Å². The highest BCUT2D eigenvalue weighted by molar-refractivity contribution is 5.40. The average molecular weight is 473 g/mol. The molecule has 2 aromatic heterocycles. The second kappa shape index (κ2) is 8.49. The molecule has 0 radical (unpaired) electrons. The molecule has 4 rings (SSSR count). The van der Waals surface area contributed by atoms with E-state index in [1.807, 2.05) is 0 Å². The molecule has 1 N–H and O–H groups in total. The molecule has 0 amide bonds. The Balaban J connectivity index is 1.62. The third-order valence-corrected chi connectivity index (χ3v) is 5.24. The van der Waals surface area contributed by atoms with Crippen molar-refractivity contribution < 1.29 is 23.0 Å². The van der Waals surface area contributed by atoms with Crippen LogP contribution in [0.1, 0.15) is 30.9 Å². The minimum atomic E-state index is -1.23. The first-order valence-corrected chi connectivity index (χ1v) is 10.3. The van der Waals surface area contributed by atoms with Crippen LogP contribution in [0.25, 0.3) is 5.69 Å². The lowest BCUT2D eigenvalue weighted by Crippen LogP contribution is -2.24. The van der Waals surface area contributed by atoms with Gasteiger partial charge in [-0.3, -0.25) is 9.13 Å². The van der Waals surface area contributed by atoms with Gasteiger partial charge in [-0.2, -0.15) is 9.78 Å². The van der Waals surface area contributed by atoms with E-state index in [2.05, 4.69) is 10.1 Å². The number of ether oxygens (including phenoxy) is 1. The van der Waals surface area contributed by atoms with Crippen LogP contribution >= 0.6 is 0 Å². The van der Waals surface area contributed by atoms with Crippen molar-refractivity contribution in [2.75, 3.05) is 0 Å². The lowest BCUT2D eigenvalue weighted by molar-refractivity contribution is 0.0652. The summed E-state index contributed by atoms with van der Waals surface area (Å²) in [4.78, 5) is 17.0. The number of aryl methyl sites for hydroxylation is 1. The maximum Gasteiger partial charge on any atom is 0.350 e. The van der Waals surface area contributed by atoms with E-state index in [4.69, 9.17) is 4.74 Å².